The molecule has 2 aromatic rings. The number of aromatic nitrogens is 1. The molecule has 10 nitrogen and oxygen atoms in total. The normalized spacial score (nSPS) is 12.3. The van der Waals surface area contributed by atoms with Crippen LogP contribution in [0.1, 0.15) is 32.6 Å². The van der Waals surface area contributed by atoms with Crippen molar-refractivity contribution in [3.8, 4) is 0 Å². The molecule has 0 amide bonds. The lowest BCUT2D eigenvalue weighted by molar-refractivity contribution is -0.159. The lowest BCUT2D eigenvalue weighted by Crippen LogP contribution is -2.41. The Labute approximate surface area is 181 Å². The van der Waals surface area contributed by atoms with Crippen molar-refractivity contribution in [2.24, 2.45) is 5.92 Å². The predicted octanol–water partition coefficient (Wildman–Crippen LogP) is 2.80. The Kier molecular flexibility index (Phi) is 8.86. The van der Waals surface area contributed by atoms with Crippen LogP contribution in [0.25, 0.3) is 0 Å². The van der Waals surface area contributed by atoms with Crippen LogP contribution in [0.15, 0.2) is 46.0 Å². The van der Waals surface area contributed by atoms with Crippen LogP contribution >= 0.6 is 0 Å². The van der Waals surface area contributed by atoms with Crippen molar-refractivity contribution < 1.29 is 31.9 Å². The number of methoxy groups -OCH3 is 2. The third kappa shape index (κ3) is 6.71. The number of esters is 2. The maximum Gasteiger partial charge on any atom is 0.322 e. The summed E-state index contributed by atoms with van der Waals surface area (Å²) in [5, 5.41) is 3.14. The number of carbonyl (C=O) groups excluding carboxylic acids is 2. The van der Waals surface area contributed by atoms with Crippen molar-refractivity contribution in [3.05, 3.63) is 36.7 Å². The van der Waals surface area contributed by atoms with Gasteiger partial charge in [0.2, 0.25) is 0 Å². The van der Waals surface area contributed by atoms with E-state index in [2.05, 4.69) is 15.0 Å². The third-order valence-corrected chi connectivity index (χ3v) is 5.94. The Bertz CT molecular complexity index is 928. The highest BCUT2D eigenvalue weighted by molar-refractivity contribution is 7.92. The minimum Gasteiger partial charge on any atom is -0.468 e. The summed E-state index contributed by atoms with van der Waals surface area (Å²) < 4.78 is 41.5. The number of oxazole rings is 1. The molecule has 0 aliphatic rings. The fourth-order valence-electron chi connectivity index (χ4n) is 3.01. The van der Waals surface area contributed by atoms with Crippen LogP contribution in [0.5, 0.6) is 0 Å². The van der Waals surface area contributed by atoms with Crippen LogP contribution in [-0.4, -0.2) is 45.6 Å². The van der Waals surface area contributed by atoms with Gasteiger partial charge in [-0.15, -0.1) is 0 Å². The summed E-state index contributed by atoms with van der Waals surface area (Å²) in [6.45, 7) is 2.05. The van der Waals surface area contributed by atoms with Gasteiger partial charge < -0.3 is 19.2 Å². The molecule has 2 rings (SSSR count). The van der Waals surface area contributed by atoms with E-state index in [1.54, 1.807) is 12.1 Å². The molecule has 0 unspecified atom stereocenters. The Balaban J connectivity index is 2.21. The number of hydrogen-bond acceptors (Lipinski definition) is 9. The number of benzene rings is 1. The molecule has 0 spiro atoms. The van der Waals surface area contributed by atoms with Crippen LogP contribution in [-0.2, 0) is 29.1 Å². The van der Waals surface area contributed by atoms with E-state index in [9.17, 15) is 18.0 Å². The molecule has 0 saturated carbocycles. The summed E-state index contributed by atoms with van der Waals surface area (Å²) in [6, 6.07) is 5.14. The minimum absolute atomic E-state index is 0.00345. The van der Waals surface area contributed by atoms with Crippen molar-refractivity contribution in [2.75, 3.05) is 24.3 Å². The van der Waals surface area contributed by atoms with Gasteiger partial charge in [-0.1, -0.05) is 26.2 Å². The largest absolute Gasteiger partial charge is 0.468 e. The van der Waals surface area contributed by atoms with E-state index in [-0.39, 0.29) is 10.9 Å². The van der Waals surface area contributed by atoms with Crippen LogP contribution in [0.2, 0.25) is 0 Å². The molecule has 0 aliphatic heterocycles. The number of unbranched alkanes of at least 4 members (excludes halogenated alkanes) is 2. The first-order valence-electron chi connectivity index (χ1n) is 9.77. The van der Waals surface area contributed by atoms with Gasteiger partial charge in [-0.2, -0.15) is 0 Å². The standard InChI is InChI=1S/C20H27N3O7S/c1-4-5-6-7-16(17(18(24)28-2)19(25)29-3)22-14-8-10-15(11-9-14)31(26,27)23-20-21-12-13-30-20/h8-13,16-17,22H,4-7H2,1-3H3,(H,21,23)/t16-/m1/s1. The third-order valence-electron chi connectivity index (χ3n) is 4.60. The lowest BCUT2D eigenvalue weighted by atomic mass is 9.94. The van der Waals surface area contributed by atoms with E-state index in [0.29, 0.717) is 12.1 Å². The first-order valence-corrected chi connectivity index (χ1v) is 11.2. The van der Waals surface area contributed by atoms with Crippen molar-refractivity contribution in [1.82, 2.24) is 4.98 Å². The molecule has 0 radical (unpaired) electrons. The highest BCUT2D eigenvalue weighted by Crippen LogP contribution is 2.23. The molecule has 1 aromatic heterocycles. The van der Waals surface area contributed by atoms with Crippen molar-refractivity contribution in [1.29, 1.82) is 0 Å². The number of nitrogens with zero attached hydrogens (tertiary/aromatic N) is 1. The number of anilines is 2. The second kappa shape index (κ2) is 11.3. The summed E-state index contributed by atoms with van der Waals surface area (Å²) in [4.78, 5) is 28.2. The summed E-state index contributed by atoms with van der Waals surface area (Å²) in [7, 11) is -1.46. The first kappa shape index (κ1) is 24.2. The predicted molar refractivity (Wildman–Crippen MR) is 113 cm³/mol. The van der Waals surface area contributed by atoms with Gasteiger partial charge in [0.15, 0.2) is 5.92 Å². The molecule has 0 fully saturated rings. The summed E-state index contributed by atoms with van der Waals surface area (Å²) in [5.41, 5.74) is 0.536. The lowest BCUT2D eigenvalue weighted by Gasteiger charge is -2.25. The second-order valence-corrected chi connectivity index (χ2v) is 8.42. The van der Waals surface area contributed by atoms with Crippen LogP contribution in [0.4, 0.5) is 11.7 Å². The number of rotatable bonds is 12. The molecule has 2 N–H and O–H groups in total. The van der Waals surface area contributed by atoms with Gasteiger partial charge in [-0.05, 0) is 30.7 Å². The Morgan fingerprint density at radius 1 is 1.10 bits per heavy atom. The average Bonchev–Trinajstić information content (AvgIpc) is 3.26. The van der Waals surface area contributed by atoms with Crippen molar-refractivity contribution >= 4 is 33.7 Å². The minimum atomic E-state index is -3.88. The van der Waals surface area contributed by atoms with E-state index in [1.807, 2.05) is 6.92 Å². The Hall–Kier alpha value is -3.08. The SMILES string of the molecule is CCCCC[C@@H](Nc1ccc(S(=O)(=O)Nc2ncco2)cc1)C(C(=O)OC)C(=O)OC. The molecular weight excluding hydrogens is 426 g/mol. The van der Waals surface area contributed by atoms with Gasteiger partial charge in [0.25, 0.3) is 10.0 Å². The zero-order valence-corrected chi connectivity index (χ0v) is 18.5. The number of carbonyl (C=O) groups is 2. The van der Waals surface area contributed by atoms with Gasteiger partial charge in [-0.3, -0.25) is 9.59 Å². The van der Waals surface area contributed by atoms with E-state index in [0.717, 1.165) is 19.3 Å². The quantitative estimate of drug-likeness (QED) is 0.282. The van der Waals surface area contributed by atoms with E-state index < -0.39 is 33.9 Å². The molecule has 31 heavy (non-hydrogen) atoms. The highest BCUT2D eigenvalue weighted by atomic mass is 32.2. The smallest absolute Gasteiger partial charge is 0.322 e. The molecule has 1 atom stereocenters. The van der Waals surface area contributed by atoms with E-state index in [1.165, 1.54) is 38.8 Å². The fraction of sp³-hybridized carbons (Fsp3) is 0.450. The average molecular weight is 454 g/mol. The maximum atomic E-state index is 12.4. The van der Waals surface area contributed by atoms with Crippen molar-refractivity contribution in [2.45, 2.75) is 43.5 Å². The van der Waals surface area contributed by atoms with Gasteiger partial charge in [0, 0.05) is 5.69 Å². The number of hydrogen-bond donors (Lipinski definition) is 2. The Morgan fingerprint density at radius 3 is 2.26 bits per heavy atom. The van der Waals surface area contributed by atoms with Crippen LogP contribution in [0.3, 0.4) is 0 Å². The maximum absolute atomic E-state index is 12.4. The Morgan fingerprint density at radius 2 is 1.74 bits per heavy atom. The summed E-state index contributed by atoms with van der Waals surface area (Å²) in [6.07, 6.45) is 5.78. The van der Waals surface area contributed by atoms with Gasteiger partial charge in [0.05, 0.1) is 31.4 Å². The monoisotopic (exact) mass is 453 g/mol. The molecule has 0 bridgehead atoms. The molecular formula is C20H27N3O7S. The number of sulfonamides is 1. The molecule has 1 aromatic carbocycles. The van der Waals surface area contributed by atoms with Gasteiger partial charge in [0.1, 0.15) is 6.26 Å². The summed E-state index contributed by atoms with van der Waals surface area (Å²) in [5.74, 6) is -2.55. The molecule has 0 saturated heterocycles. The van der Waals surface area contributed by atoms with Crippen molar-refractivity contribution in [3.63, 3.8) is 0 Å². The van der Waals surface area contributed by atoms with Crippen LogP contribution in [0, 0.1) is 5.92 Å². The summed E-state index contributed by atoms with van der Waals surface area (Å²) >= 11 is 0. The zero-order valence-electron chi connectivity index (χ0n) is 17.7. The molecule has 0 aliphatic carbocycles. The number of nitrogens with one attached hydrogen (secondary N) is 2. The zero-order chi connectivity index (χ0) is 22.9. The van der Waals surface area contributed by atoms with Crippen LogP contribution < -0.4 is 10.0 Å². The fourth-order valence-corrected chi connectivity index (χ4v) is 3.95. The van der Waals surface area contributed by atoms with E-state index >= 15 is 0 Å². The highest BCUT2D eigenvalue weighted by Gasteiger charge is 2.36. The van der Waals surface area contributed by atoms with E-state index in [4.69, 9.17) is 13.9 Å². The van der Waals surface area contributed by atoms with Gasteiger partial charge >= 0.3 is 18.0 Å². The first-order chi connectivity index (χ1) is 14.8. The molecule has 1 heterocycles. The topological polar surface area (TPSA) is 137 Å². The second-order valence-electron chi connectivity index (χ2n) is 6.74. The number of ether oxygens (including phenoxy) is 2. The molecule has 11 heteroatoms. The van der Waals surface area contributed by atoms with Gasteiger partial charge in [-0.25, -0.2) is 18.1 Å². The molecule has 170 valence electrons.